The Labute approximate surface area is 136 Å². The van der Waals surface area contributed by atoms with E-state index in [0.29, 0.717) is 16.1 Å². The van der Waals surface area contributed by atoms with Crippen LogP contribution in [0.5, 0.6) is 0 Å². The predicted octanol–water partition coefficient (Wildman–Crippen LogP) is 4.14. The fraction of sp³-hybridized carbons (Fsp3) is 0. The monoisotopic (exact) mass is 324 g/mol. The quantitative estimate of drug-likeness (QED) is 0.444. The molecule has 0 bridgehead atoms. The predicted molar refractivity (Wildman–Crippen MR) is 90.7 cm³/mol. The molecule has 0 unspecified atom stereocenters. The highest BCUT2D eigenvalue weighted by atomic mass is 32.1. The molecule has 23 heavy (non-hydrogen) atoms. The number of anilines is 1. The highest BCUT2D eigenvalue weighted by Crippen LogP contribution is 2.34. The maximum absolute atomic E-state index is 12.5. The molecule has 5 nitrogen and oxygen atoms in total. The van der Waals surface area contributed by atoms with Crippen LogP contribution in [0.3, 0.4) is 0 Å². The zero-order valence-electron chi connectivity index (χ0n) is 11.9. The molecule has 2 aromatic carbocycles. The zero-order valence-corrected chi connectivity index (χ0v) is 12.7. The van der Waals surface area contributed by atoms with Crippen LogP contribution in [0.15, 0.2) is 60.7 Å². The number of carbonyl (C=O) groups excluding carboxylic acids is 1. The summed E-state index contributed by atoms with van der Waals surface area (Å²) < 4.78 is 0. The highest BCUT2D eigenvalue weighted by Gasteiger charge is 2.17. The molecule has 114 valence electrons. The Balaban J connectivity index is 1.94. The van der Waals surface area contributed by atoms with Crippen LogP contribution in [0.25, 0.3) is 10.4 Å². The van der Waals surface area contributed by atoms with E-state index in [0.717, 1.165) is 10.4 Å². The van der Waals surface area contributed by atoms with Crippen LogP contribution in [0.4, 0.5) is 10.7 Å². The van der Waals surface area contributed by atoms with E-state index in [2.05, 4.69) is 0 Å². The number of nitrogens with zero attached hydrogens (tertiary/aromatic N) is 1. The molecule has 1 aromatic heterocycles. The molecule has 0 aliphatic carbocycles. The molecule has 6 heteroatoms. The molecular weight excluding hydrogens is 312 g/mol. The molecule has 0 spiro atoms. The second kappa shape index (κ2) is 6.02. The van der Waals surface area contributed by atoms with E-state index in [4.69, 9.17) is 5.73 Å². The Kier molecular flexibility index (Phi) is 3.91. The normalized spacial score (nSPS) is 10.4. The molecule has 0 atom stereocenters. The maximum atomic E-state index is 12.5. The minimum atomic E-state index is -0.499. The number of benzene rings is 2. The molecule has 0 saturated heterocycles. The first kappa shape index (κ1) is 14.9. The number of rotatable bonds is 4. The van der Waals surface area contributed by atoms with Crippen molar-refractivity contribution in [3.05, 3.63) is 81.9 Å². The summed E-state index contributed by atoms with van der Waals surface area (Å²) in [6, 6.07) is 16.9. The van der Waals surface area contributed by atoms with Gasteiger partial charge in [0.1, 0.15) is 0 Å². The molecule has 0 amide bonds. The summed E-state index contributed by atoms with van der Waals surface area (Å²) in [5, 5.41) is 11.1. The number of nitrogens with two attached hydrogens (primary N) is 1. The van der Waals surface area contributed by atoms with E-state index in [1.54, 1.807) is 6.07 Å². The van der Waals surface area contributed by atoms with E-state index >= 15 is 0 Å². The van der Waals surface area contributed by atoms with Crippen LogP contribution in [-0.2, 0) is 0 Å². The minimum absolute atomic E-state index is 0.0511. The maximum Gasteiger partial charge on any atom is 0.269 e. The third kappa shape index (κ3) is 2.97. The second-order valence-electron chi connectivity index (χ2n) is 4.89. The van der Waals surface area contributed by atoms with E-state index < -0.39 is 4.92 Å². The SMILES string of the molecule is Nc1sc(-c2ccccc2)cc1C(=O)c1ccc([N+](=O)[O-])cc1. The first-order chi connectivity index (χ1) is 11.1. The van der Waals surface area contributed by atoms with E-state index in [1.165, 1.54) is 35.6 Å². The lowest BCUT2D eigenvalue weighted by Crippen LogP contribution is -2.02. The summed E-state index contributed by atoms with van der Waals surface area (Å²) in [6.07, 6.45) is 0. The molecule has 0 fully saturated rings. The Hall–Kier alpha value is -2.99. The molecule has 2 N–H and O–H groups in total. The minimum Gasteiger partial charge on any atom is -0.390 e. The summed E-state index contributed by atoms with van der Waals surface area (Å²) in [7, 11) is 0. The lowest BCUT2D eigenvalue weighted by atomic mass is 10.0. The zero-order chi connectivity index (χ0) is 16.4. The van der Waals surface area contributed by atoms with Gasteiger partial charge in [-0.05, 0) is 23.8 Å². The van der Waals surface area contributed by atoms with Gasteiger partial charge in [0, 0.05) is 22.6 Å². The van der Waals surface area contributed by atoms with Crippen molar-refractivity contribution in [1.82, 2.24) is 0 Å². The lowest BCUT2D eigenvalue weighted by molar-refractivity contribution is -0.384. The van der Waals surface area contributed by atoms with Crippen LogP contribution in [-0.4, -0.2) is 10.7 Å². The number of hydrogen-bond donors (Lipinski definition) is 1. The number of nitrogen functional groups attached to an aromatic ring is 1. The van der Waals surface area contributed by atoms with Gasteiger partial charge in [-0.3, -0.25) is 14.9 Å². The lowest BCUT2D eigenvalue weighted by Gasteiger charge is -1.99. The van der Waals surface area contributed by atoms with Crippen molar-refractivity contribution in [3.8, 4) is 10.4 Å². The van der Waals surface area contributed by atoms with Crippen molar-refractivity contribution in [2.45, 2.75) is 0 Å². The van der Waals surface area contributed by atoms with Crippen molar-refractivity contribution in [2.75, 3.05) is 5.73 Å². The van der Waals surface area contributed by atoms with Gasteiger partial charge >= 0.3 is 0 Å². The molecule has 0 aliphatic heterocycles. The summed E-state index contributed by atoms with van der Waals surface area (Å²) in [6.45, 7) is 0. The van der Waals surface area contributed by atoms with Crippen LogP contribution in [0.2, 0.25) is 0 Å². The first-order valence-electron chi connectivity index (χ1n) is 6.80. The molecule has 0 radical (unpaired) electrons. The topological polar surface area (TPSA) is 86.2 Å². The summed E-state index contributed by atoms with van der Waals surface area (Å²) in [5.74, 6) is -0.240. The van der Waals surface area contributed by atoms with Gasteiger partial charge < -0.3 is 5.73 Å². The smallest absolute Gasteiger partial charge is 0.269 e. The molecule has 0 saturated carbocycles. The number of thiophene rings is 1. The van der Waals surface area contributed by atoms with E-state index in [1.807, 2.05) is 30.3 Å². The summed E-state index contributed by atoms with van der Waals surface area (Å²) >= 11 is 1.35. The number of ketones is 1. The Morgan fingerprint density at radius 3 is 2.30 bits per heavy atom. The summed E-state index contributed by atoms with van der Waals surface area (Å²) in [4.78, 5) is 23.6. The second-order valence-corrected chi connectivity index (χ2v) is 5.97. The standard InChI is InChI=1S/C17H12N2O3S/c18-17-14(10-15(23-17)11-4-2-1-3-5-11)16(20)12-6-8-13(9-7-12)19(21)22/h1-10H,18H2. The van der Waals surface area contributed by atoms with Crippen molar-refractivity contribution < 1.29 is 9.72 Å². The summed E-state index contributed by atoms with van der Waals surface area (Å²) in [5.41, 5.74) is 7.72. The van der Waals surface area contributed by atoms with Crippen molar-refractivity contribution in [2.24, 2.45) is 0 Å². The fourth-order valence-electron chi connectivity index (χ4n) is 2.22. The number of hydrogen-bond acceptors (Lipinski definition) is 5. The van der Waals surface area contributed by atoms with Gasteiger partial charge in [-0.15, -0.1) is 11.3 Å². The molecule has 3 rings (SSSR count). The molecule has 3 aromatic rings. The van der Waals surface area contributed by atoms with Gasteiger partial charge in [0.05, 0.1) is 15.5 Å². The van der Waals surface area contributed by atoms with Crippen molar-refractivity contribution >= 4 is 27.8 Å². The van der Waals surface area contributed by atoms with Gasteiger partial charge in [0.2, 0.25) is 0 Å². The third-order valence-corrected chi connectivity index (χ3v) is 4.42. The van der Waals surface area contributed by atoms with Gasteiger partial charge in [-0.25, -0.2) is 0 Å². The fourth-order valence-corrected chi connectivity index (χ4v) is 3.15. The van der Waals surface area contributed by atoms with Gasteiger partial charge in [0.15, 0.2) is 5.78 Å². The first-order valence-corrected chi connectivity index (χ1v) is 7.62. The molecular formula is C17H12N2O3S. The molecule has 1 heterocycles. The Morgan fingerprint density at radius 2 is 1.70 bits per heavy atom. The third-order valence-electron chi connectivity index (χ3n) is 3.40. The number of nitro benzene ring substituents is 1. The van der Waals surface area contributed by atoms with Gasteiger partial charge in [0.25, 0.3) is 5.69 Å². The molecule has 0 aliphatic rings. The van der Waals surface area contributed by atoms with Crippen LogP contribution in [0, 0.1) is 10.1 Å². The highest BCUT2D eigenvalue weighted by molar-refractivity contribution is 7.19. The van der Waals surface area contributed by atoms with Crippen molar-refractivity contribution in [3.63, 3.8) is 0 Å². The van der Waals surface area contributed by atoms with Gasteiger partial charge in [-0.1, -0.05) is 30.3 Å². The van der Waals surface area contributed by atoms with Crippen LogP contribution in [0.1, 0.15) is 15.9 Å². The van der Waals surface area contributed by atoms with E-state index in [-0.39, 0.29) is 11.5 Å². The van der Waals surface area contributed by atoms with Gasteiger partial charge in [-0.2, -0.15) is 0 Å². The Bertz CT molecular complexity index is 871. The van der Waals surface area contributed by atoms with Crippen LogP contribution >= 0.6 is 11.3 Å². The average molecular weight is 324 g/mol. The van der Waals surface area contributed by atoms with Crippen LogP contribution < -0.4 is 5.73 Å². The average Bonchev–Trinajstić information content (AvgIpc) is 2.97. The van der Waals surface area contributed by atoms with E-state index in [9.17, 15) is 14.9 Å². The largest absolute Gasteiger partial charge is 0.390 e. The van der Waals surface area contributed by atoms with Crippen molar-refractivity contribution in [1.29, 1.82) is 0 Å². The Morgan fingerprint density at radius 1 is 1.04 bits per heavy atom. The number of nitro groups is 1. The number of carbonyl (C=O) groups is 1. The number of non-ortho nitro benzene ring substituents is 1.